The Morgan fingerprint density at radius 1 is 0.692 bits per heavy atom. The van der Waals surface area contributed by atoms with Gasteiger partial charge in [0.15, 0.2) is 0 Å². The van der Waals surface area contributed by atoms with E-state index in [-0.39, 0.29) is 50.4 Å². The molecule has 3 aromatic heterocycles. The van der Waals surface area contributed by atoms with E-state index in [0.29, 0.717) is 19.0 Å². The predicted octanol–water partition coefficient (Wildman–Crippen LogP) is 13.2. The molecule has 1 aliphatic heterocycles. The first-order valence-electron chi connectivity index (χ1n) is 24.4. The Labute approximate surface area is 396 Å². The molecule has 8 heteroatoms. The second-order valence-corrected chi connectivity index (χ2v) is 25.0. The van der Waals surface area contributed by atoms with Crippen LogP contribution in [0.3, 0.4) is 0 Å². The molecule has 0 unspecified atom stereocenters. The van der Waals surface area contributed by atoms with Gasteiger partial charge in [-0.05, 0) is 96.8 Å². The number of nitrogens with zero attached hydrogens (tertiary/aromatic N) is 5. The number of carbonyl (C=O) groups excluding carboxylic acids is 1. The van der Waals surface area contributed by atoms with Gasteiger partial charge in [-0.3, -0.25) is 19.1 Å². The summed E-state index contributed by atoms with van der Waals surface area (Å²) >= 11 is 0. The highest BCUT2D eigenvalue weighted by Crippen LogP contribution is 2.40. The van der Waals surface area contributed by atoms with Crippen LogP contribution in [0.5, 0.6) is 0 Å². The highest BCUT2D eigenvalue weighted by molar-refractivity contribution is 6.03. The van der Waals surface area contributed by atoms with Crippen molar-refractivity contribution < 1.29 is 4.79 Å². The largest absolute Gasteiger partial charge is 0.350 e. The molecular weight excluding hydrogens is 801 g/mol. The molecule has 1 amide bonds. The smallest absolute Gasteiger partial charge is 0.257 e. The average molecular weight is 893 g/mol. The number of allylic oxidation sites excluding steroid dienone is 1. The SMILES string of the molecule is CC(C)c1nc(C(C)(C)C)n(CCN(C)C)c(=O)c1C(C)(C)C.Cc1ccc2c(c1)cc1n2CCNC(=O)/C(C(C)(C)C)=C\1C(C)C.Cc1nc(C(C)(C)C)c(C(C)C)cc1C(C)(C)C. The van der Waals surface area contributed by atoms with E-state index < -0.39 is 0 Å². The maximum absolute atomic E-state index is 13.3. The Kier molecular flexibility index (Phi) is 17.4. The molecule has 362 valence electrons. The minimum absolute atomic E-state index is 0.0823. The Morgan fingerprint density at radius 2 is 1.28 bits per heavy atom. The third kappa shape index (κ3) is 13.5. The molecule has 0 saturated heterocycles. The molecule has 4 heterocycles. The van der Waals surface area contributed by atoms with E-state index in [1.807, 2.05) is 18.7 Å². The van der Waals surface area contributed by atoms with Crippen LogP contribution in [0.25, 0.3) is 16.5 Å². The first kappa shape index (κ1) is 55.3. The molecule has 1 N–H and O–H groups in total. The van der Waals surface area contributed by atoms with Gasteiger partial charge in [0.1, 0.15) is 5.82 Å². The fourth-order valence-electron chi connectivity index (χ4n) is 9.00. The van der Waals surface area contributed by atoms with Gasteiger partial charge in [0.2, 0.25) is 5.91 Å². The zero-order valence-corrected chi connectivity index (χ0v) is 46.0. The number of pyridine rings is 1. The number of fused-ring (bicyclic) bond motifs is 3. The van der Waals surface area contributed by atoms with Crippen molar-refractivity contribution in [3.05, 3.63) is 97.1 Å². The molecule has 0 radical (unpaired) electrons. The lowest BCUT2D eigenvalue weighted by Gasteiger charge is -2.30. The molecular formula is C57H92N6O2. The standard InChI is InChI=1S/C21H28N2O.C19H35N3O.C17H29N/c1-13(2)18-17-12-15-11-14(3)7-8-16(15)23(17)10-9-22-20(24)19(18)21(4,5)6;1-13(2)15-14(18(3,4)5)16(23)22(12-11-21(9)10)17(20-15)19(6,7)8;1-11(2)13-10-14(16(4,5)6)12(3)18-15(13)17(7,8)9/h7-8,11-13H,9-10H2,1-6H3,(H,22,24);13H,11-12H2,1-10H3;10-11H,1-9H3/b19-18+;;. The number of likely N-dealkylation sites (N-methyl/N-ethyl adjacent to an activating group) is 1. The van der Waals surface area contributed by atoms with Gasteiger partial charge in [-0.1, -0.05) is 163 Å². The quantitative estimate of drug-likeness (QED) is 0.208. The van der Waals surface area contributed by atoms with E-state index in [1.165, 1.54) is 50.2 Å². The van der Waals surface area contributed by atoms with Crippen molar-refractivity contribution in [1.29, 1.82) is 0 Å². The van der Waals surface area contributed by atoms with Crippen LogP contribution >= 0.6 is 0 Å². The van der Waals surface area contributed by atoms with Crippen molar-refractivity contribution in [3.8, 4) is 0 Å². The van der Waals surface area contributed by atoms with Crippen molar-refractivity contribution in [1.82, 2.24) is 29.3 Å². The van der Waals surface area contributed by atoms with Gasteiger partial charge in [0.05, 0.1) is 5.69 Å². The van der Waals surface area contributed by atoms with Gasteiger partial charge in [0, 0.05) is 76.1 Å². The molecule has 1 aromatic carbocycles. The summed E-state index contributed by atoms with van der Waals surface area (Å²) < 4.78 is 4.27. The fourth-order valence-corrected chi connectivity index (χ4v) is 9.00. The van der Waals surface area contributed by atoms with Crippen molar-refractivity contribution in [2.45, 2.75) is 206 Å². The summed E-state index contributed by atoms with van der Waals surface area (Å²) in [6.07, 6.45) is 0. The molecule has 0 atom stereocenters. The molecule has 0 aliphatic carbocycles. The first-order valence-corrected chi connectivity index (χ1v) is 24.4. The van der Waals surface area contributed by atoms with Crippen molar-refractivity contribution in [3.63, 3.8) is 0 Å². The Hall–Kier alpha value is -4.04. The lowest BCUT2D eigenvalue weighted by Crippen LogP contribution is -2.40. The van der Waals surface area contributed by atoms with Crippen molar-refractivity contribution in [2.24, 2.45) is 11.3 Å². The van der Waals surface area contributed by atoms with Crippen LogP contribution in [0.2, 0.25) is 0 Å². The Balaban J connectivity index is 0.000000262. The van der Waals surface area contributed by atoms with Crippen LogP contribution < -0.4 is 10.9 Å². The number of aromatic nitrogens is 4. The summed E-state index contributed by atoms with van der Waals surface area (Å²) in [5.74, 6) is 2.02. The summed E-state index contributed by atoms with van der Waals surface area (Å²) in [7, 11) is 4.06. The monoisotopic (exact) mass is 893 g/mol. The molecule has 5 rings (SSSR count). The third-order valence-corrected chi connectivity index (χ3v) is 12.1. The number of nitrogens with one attached hydrogen (secondary N) is 1. The van der Waals surface area contributed by atoms with E-state index in [0.717, 1.165) is 35.7 Å². The highest BCUT2D eigenvalue weighted by atomic mass is 16.2. The van der Waals surface area contributed by atoms with Crippen LogP contribution in [0.1, 0.15) is 208 Å². The summed E-state index contributed by atoms with van der Waals surface area (Å²) in [6.45, 7) is 53.0. The number of carbonyl (C=O) groups is 1. The Morgan fingerprint density at radius 3 is 1.72 bits per heavy atom. The van der Waals surface area contributed by atoms with E-state index in [1.54, 1.807) is 0 Å². The van der Waals surface area contributed by atoms with Crippen LogP contribution in [-0.2, 0) is 39.5 Å². The Bertz CT molecular complexity index is 2380. The fraction of sp³-hybridized carbons (Fsp3) is 0.649. The molecule has 0 bridgehead atoms. The van der Waals surface area contributed by atoms with Gasteiger partial charge >= 0.3 is 0 Å². The predicted molar refractivity (Wildman–Crippen MR) is 280 cm³/mol. The summed E-state index contributed by atoms with van der Waals surface area (Å²) in [4.78, 5) is 38.2. The zero-order valence-electron chi connectivity index (χ0n) is 46.0. The van der Waals surface area contributed by atoms with E-state index in [2.05, 4.69) is 204 Å². The van der Waals surface area contributed by atoms with Crippen LogP contribution in [0.15, 0.2) is 40.7 Å². The summed E-state index contributed by atoms with van der Waals surface area (Å²) in [6, 6.07) is 11.2. The normalized spacial score (nSPS) is 15.4. The summed E-state index contributed by atoms with van der Waals surface area (Å²) in [5.41, 5.74) is 12.7. The number of benzene rings is 1. The maximum Gasteiger partial charge on any atom is 0.257 e. The minimum atomic E-state index is -0.208. The summed E-state index contributed by atoms with van der Waals surface area (Å²) in [5, 5.41) is 4.37. The maximum atomic E-state index is 13.3. The van der Waals surface area contributed by atoms with Crippen molar-refractivity contribution >= 4 is 22.4 Å². The molecule has 8 nitrogen and oxygen atoms in total. The number of amides is 1. The van der Waals surface area contributed by atoms with Gasteiger partial charge in [0.25, 0.3) is 5.56 Å². The zero-order chi connectivity index (χ0) is 50.1. The number of hydrogen-bond donors (Lipinski definition) is 1. The van der Waals surface area contributed by atoms with Gasteiger partial charge in [-0.15, -0.1) is 0 Å². The molecule has 1 aliphatic rings. The number of rotatable bonds is 6. The van der Waals surface area contributed by atoms with Gasteiger partial charge in [-0.2, -0.15) is 0 Å². The molecule has 0 spiro atoms. The topological polar surface area (TPSA) is 85.0 Å². The highest BCUT2D eigenvalue weighted by Gasteiger charge is 2.33. The molecule has 65 heavy (non-hydrogen) atoms. The molecule has 0 saturated carbocycles. The number of hydrogen-bond acceptors (Lipinski definition) is 5. The van der Waals surface area contributed by atoms with E-state index in [9.17, 15) is 9.59 Å². The van der Waals surface area contributed by atoms with E-state index >= 15 is 0 Å². The van der Waals surface area contributed by atoms with E-state index in [4.69, 9.17) is 9.97 Å². The average Bonchev–Trinajstić information content (AvgIpc) is 3.45. The van der Waals surface area contributed by atoms with Gasteiger partial charge in [-0.25, -0.2) is 4.98 Å². The van der Waals surface area contributed by atoms with Crippen LogP contribution in [0, 0.1) is 25.2 Å². The lowest BCUT2D eigenvalue weighted by molar-refractivity contribution is -0.118. The third-order valence-electron chi connectivity index (χ3n) is 12.1. The second-order valence-electron chi connectivity index (χ2n) is 25.0. The lowest BCUT2D eigenvalue weighted by atomic mass is 9.78. The van der Waals surface area contributed by atoms with Crippen molar-refractivity contribution in [2.75, 3.05) is 27.2 Å². The van der Waals surface area contributed by atoms with Gasteiger partial charge < -0.3 is 14.8 Å². The first-order chi connectivity index (χ1) is 29.4. The van der Waals surface area contributed by atoms with Crippen LogP contribution in [-0.4, -0.2) is 57.1 Å². The molecule has 4 aromatic rings. The minimum Gasteiger partial charge on any atom is -0.350 e. The molecule has 0 fully saturated rings. The van der Waals surface area contributed by atoms with Crippen LogP contribution in [0.4, 0.5) is 0 Å². The second kappa shape index (κ2) is 20.4. The number of aryl methyl sites for hydroxylation is 2.